The molecule has 0 aromatic heterocycles. The second kappa shape index (κ2) is 5.98. The molecule has 0 spiro atoms. The lowest BCUT2D eigenvalue weighted by atomic mass is 9.68. The van der Waals surface area contributed by atoms with E-state index in [9.17, 15) is 0 Å². The number of halogens is 1. The summed E-state index contributed by atoms with van der Waals surface area (Å²) in [6.45, 7) is 3.21. The van der Waals surface area contributed by atoms with Crippen LogP contribution in [0.15, 0.2) is 28.7 Å². The van der Waals surface area contributed by atoms with Gasteiger partial charge in [-0.3, -0.25) is 0 Å². The van der Waals surface area contributed by atoms with Crippen LogP contribution in [-0.2, 0) is 6.54 Å². The highest BCUT2D eigenvalue weighted by Gasteiger charge is 2.35. The molecule has 0 saturated heterocycles. The van der Waals surface area contributed by atoms with E-state index in [0.717, 1.165) is 19.6 Å². The van der Waals surface area contributed by atoms with Crippen molar-refractivity contribution in [1.82, 2.24) is 10.6 Å². The zero-order chi connectivity index (χ0) is 12.1. The zero-order valence-corrected chi connectivity index (χ0v) is 12.0. The molecule has 0 aliphatic heterocycles. The zero-order valence-electron chi connectivity index (χ0n) is 10.4. The third-order valence-corrected chi connectivity index (χ3v) is 4.51. The fourth-order valence-corrected chi connectivity index (χ4v) is 3.00. The van der Waals surface area contributed by atoms with Gasteiger partial charge in [-0.05, 0) is 36.9 Å². The summed E-state index contributed by atoms with van der Waals surface area (Å²) >= 11 is 3.59. The Hall–Kier alpha value is -0.380. The Bertz CT molecular complexity index is 361. The third-order valence-electron chi connectivity index (χ3n) is 3.74. The molecule has 1 aliphatic carbocycles. The lowest BCUT2D eigenvalue weighted by molar-refractivity contribution is 0.130. The molecule has 3 heteroatoms. The monoisotopic (exact) mass is 296 g/mol. The molecular weight excluding hydrogens is 276 g/mol. The lowest BCUT2D eigenvalue weighted by Crippen LogP contribution is -2.46. The van der Waals surface area contributed by atoms with E-state index >= 15 is 0 Å². The molecule has 0 atom stereocenters. The Morgan fingerprint density at radius 1 is 1.24 bits per heavy atom. The van der Waals surface area contributed by atoms with E-state index in [-0.39, 0.29) is 0 Å². The fourth-order valence-electron chi connectivity index (χ4n) is 2.57. The Balaban J connectivity index is 1.81. The minimum absolute atomic E-state index is 0.510. The highest BCUT2D eigenvalue weighted by molar-refractivity contribution is 9.10. The number of nitrogens with one attached hydrogen (secondary N) is 2. The first-order chi connectivity index (χ1) is 8.26. The molecule has 1 fully saturated rings. The summed E-state index contributed by atoms with van der Waals surface area (Å²) in [6.07, 6.45) is 4.10. The summed E-state index contributed by atoms with van der Waals surface area (Å²) in [4.78, 5) is 0. The molecule has 1 saturated carbocycles. The van der Waals surface area contributed by atoms with E-state index in [4.69, 9.17) is 0 Å². The highest BCUT2D eigenvalue weighted by Crippen LogP contribution is 2.39. The van der Waals surface area contributed by atoms with Crippen molar-refractivity contribution in [2.45, 2.75) is 25.8 Å². The normalized spacial score (nSPS) is 17.8. The standard InChI is InChI=1S/C14H21BrN2/c1-16-10-14(7-4-8-14)11-17-9-12-5-2-3-6-13(12)15/h2-3,5-6,16-17H,4,7-11H2,1H3. The molecule has 0 heterocycles. The minimum Gasteiger partial charge on any atom is -0.319 e. The van der Waals surface area contributed by atoms with Gasteiger partial charge in [0.25, 0.3) is 0 Å². The summed E-state index contributed by atoms with van der Waals surface area (Å²) < 4.78 is 1.20. The largest absolute Gasteiger partial charge is 0.319 e. The molecule has 2 rings (SSSR count). The number of rotatable bonds is 6. The second-order valence-corrected chi connectivity index (χ2v) is 5.93. The molecule has 17 heavy (non-hydrogen) atoms. The topological polar surface area (TPSA) is 24.1 Å². The number of benzene rings is 1. The highest BCUT2D eigenvalue weighted by atomic mass is 79.9. The van der Waals surface area contributed by atoms with Crippen LogP contribution < -0.4 is 10.6 Å². The molecule has 2 nitrogen and oxygen atoms in total. The molecule has 2 N–H and O–H groups in total. The Labute approximate surface area is 112 Å². The maximum atomic E-state index is 3.60. The van der Waals surface area contributed by atoms with Gasteiger partial charge in [-0.1, -0.05) is 40.5 Å². The maximum Gasteiger partial charge on any atom is 0.0220 e. The van der Waals surface area contributed by atoms with Crippen molar-refractivity contribution in [2.75, 3.05) is 20.1 Å². The fraction of sp³-hybridized carbons (Fsp3) is 0.571. The summed E-state index contributed by atoms with van der Waals surface area (Å²) in [6, 6.07) is 8.42. The Morgan fingerprint density at radius 2 is 2.00 bits per heavy atom. The van der Waals surface area contributed by atoms with E-state index in [1.54, 1.807) is 0 Å². The minimum atomic E-state index is 0.510. The lowest BCUT2D eigenvalue weighted by Gasteiger charge is -2.42. The van der Waals surface area contributed by atoms with Crippen molar-refractivity contribution in [3.63, 3.8) is 0 Å². The number of hydrogen-bond acceptors (Lipinski definition) is 2. The molecule has 0 radical (unpaired) electrons. The SMILES string of the molecule is CNCC1(CNCc2ccccc2Br)CCC1. The van der Waals surface area contributed by atoms with Gasteiger partial charge in [-0.25, -0.2) is 0 Å². The molecule has 94 valence electrons. The van der Waals surface area contributed by atoms with Crippen LogP contribution in [0.5, 0.6) is 0 Å². The van der Waals surface area contributed by atoms with E-state index in [1.165, 1.54) is 29.3 Å². The molecule has 1 aromatic rings. The van der Waals surface area contributed by atoms with E-state index in [2.05, 4.69) is 50.8 Å². The average Bonchev–Trinajstić information content (AvgIpc) is 2.28. The summed E-state index contributed by atoms with van der Waals surface area (Å²) in [5, 5.41) is 6.92. The van der Waals surface area contributed by atoms with Crippen LogP contribution >= 0.6 is 15.9 Å². The summed E-state index contributed by atoms with van der Waals surface area (Å²) in [5.41, 5.74) is 1.85. The van der Waals surface area contributed by atoms with Crippen LogP contribution in [0.4, 0.5) is 0 Å². The van der Waals surface area contributed by atoms with Gasteiger partial charge in [0.1, 0.15) is 0 Å². The average molecular weight is 297 g/mol. The molecule has 1 aliphatic rings. The first kappa shape index (κ1) is 13.1. The second-order valence-electron chi connectivity index (χ2n) is 5.08. The molecular formula is C14H21BrN2. The van der Waals surface area contributed by atoms with Crippen LogP contribution in [0.1, 0.15) is 24.8 Å². The first-order valence-corrected chi connectivity index (χ1v) is 7.14. The van der Waals surface area contributed by atoms with Gasteiger partial charge in [-0.2, -0.15) is 0 Å². The molecule has 0 amide bonds. The van der Waals surface area contributed by atoms with Crippen molar-refractivity contribution in [3.8, 4) is 0 Å². The number of hydrogen-bond donors (Lipinski definition) is 2. The smallest absolute Gasteiger partial charge is 0.0220 e. The van der Waals surface area contributed by atoms with E-state index < -0.39 is 0 Å². The van der Waals surface area contributed by atoms with Gasteiger partial charge in [0, 0.05) is 24.1 Å². The third kappa shape index (κ3) is 3.30. The van der Waals surface area contributed by atoms with Gasteiger partial charge in [-0.15, -0.1) is 0 Å². The van der Waals surface area contributed by atoms with Crippen LogP contribution in [0.3, 0.4) is 0 Å². The van der Waals surface area contributed by atoms with Crippen molar-refractivity contribution in [2.24, 2.45) is 5.41 Å². The van der Waals surface area contributed by atoms with Gasteiger partial charge < -0.3 is 10.6 Å². The van der Waals surface area contributed by atoms with Gasteiger partial charge >= 0.3 is 0 Å². The van der Waals surface area contributed by atoms with Crippen molar-refractivity contribution in [3.05, 3.63) is 34.3 Å². The Morgan fingerprint density at radius 3 is 2.59 bits per heavy atom. The Kier molecular flexibility index (Phi) is 4.60. The van der Waals surface area contributed by atoms with E-state index in [0.29, 0.717) is 5.41 Å². The quantitative estimate of drug-likeness (QED) is 0.843. The van der Waals surface area contributed by atoms with Crippen molar-refractivity contribution >= 4 is 15.9 Å². The van der Waals surface area contributed by atoms with E-state index in [1.807, 2.05) is 7.05 Å². The summed E-state index contributed by atoms with van der Waals surface area (Å²) in [5.74, 6) is 0. The summed E-state index contributed by atoms with van der Waals surface area (Å²) in [7, 11) is 2.05. The molecule has 0 unspecified atom stereocenters. The first-order valence-electron chi connectivity index (χ1n) is 6.34. The molecule has 1 aromatic carbocycles. The van der Waals surface area contributed by atoms with Crippen LogP contribution in [0, 0.1) is 5.41 Å². The predicted molar refractivity (Wildman–Crippen MR) is 76.1 cm³/mol. The van der Waals surface area contributed by atoms with Crippen molar-refractivity contribution < 1.29 is 0 Å². The van der Waals surface area contributed by atoms with Crippen LogP contribution in [0.25, 0.3) is 0 Å². The molecule has 0 bridgehead atoms. The predicted octanol–water partition coefficient (Wildman–Crippen LogP) is 2.93. The van der Waals surface area contributed by atoms with Gasteiger partial charge in [0.05, 0.1) is 0 Å². The van der Waals surface area contributed by atoms with Crippen LogP contribution in [-0.4, -0.2) is 20.1 Å². The van der Waals surface area contributed by atoms with Gasteiger partial charge in [0.15, 0.2) is 0 Å². The maximum absolute atomic E-state index is 3.60. The van der Waals surface area contributed by atoms with Crippen LogP contribution in [0.2, 0.25) is 0 Å². The van der Waals surface area contributed by atoms with Crippen molar-refractivity contribution in [1.29, 1.82) is 0 Å². The van der Waals surface area contributed by atoms with Gasteiger partial charge in [0.2, 0.25) is 0 Å².